The van der Waals surface area contributed by atoms with Crippen molar-refractivity contribution in [3.05, 3.63) is 24.3 Å². The number of rotatable bonds is 37. The minimum Gasteiger partial charge on any atom is -0.462 e. The van der Waals surface area contributed by atoms with E-state index in [1.165, 1.54) is 51.4 Å². The lowest BCUT2D eigenvalue weighted by Crippen LogP contribution is -2.20. The number of unbranched alkanes of at least 4 members (excludes halogenated alkanes) is 18. The molecule has 0 spiro atoms. The predicted octanol–water partition coefficient (Wildman–Crippen LogP) is 12.1. The summed E-state index contributed by atoms with van der Waals surface area (Å²) in [6.07, 6.45) is 34.2. The molecule has 0 aliphatic carbocycles. The Balaban J connectivity index is 4.02. The minimum absolute atomic E-state index is 0.0162. The summed E-state index contributed by atoms with van der Waals surface area (Å²) in [7, 11) is 4.03. The van der Waals surface area contributed by atoms with Crippen LogP contribution in [0.2, 0.25) is 0 Å². The van der Waals surface area contributed by atoms with Crippen molar-refractivity contribution in [1.82, 2.24) is 4.90 Å². The van der Waals surface area contributed by atoms with E-state index in [0.717, 1.165) is 116 Å². The van der Waals surface area contributed by atoms with Crippen LogP contribution in [0, 0.1) is 0 Å². The highest BCUT2D eigenvalue weighted by Crippen LogP contribution is 2.18. The number of hydrogen-bond acceptors (Lipinski definition) is 9. The van der Waals surface area contributed by atoms with Crippen LogP contribution in [0.25, 0.3) is 0 Å². The fraction of sp³-hybridized carbons (Fsp3) is 0.837. The summed E-state index contributed by atoms with van der Waals surface area (Å²) in [4.78, 5) is 38.1. The average molecular weight is 738 g/mol. The van der Waals surface area contributed by atoms with Gasteiger partial charge in [0, 0.05) is 6.42 Å². The minimum atomic E-state index is -0.589. The van der Waals surface area contributed by atoms with Gasteiger partial charge in [-0.15, -0.1) is 0 Å². The summed E-state index contributed by atoms with van der Waals surface area (Å²) in [5, 5.41) is 0. The fourth-order valence-corrected chi connectivity index (χ4v) is 5.79. The van der Waals surface area contributed by atoms with Crippen molar-refractivity contribution in [2.24, 2.45) is 0 Å². The fourth-order valence-electron chi connectivity index (χ4n) is 5.79. The van der Waals surface area contributed by atoms with Crippen molar-refractivity contribution >= 4 is 18.3 Å². The molecule has 0 amide bonds. The summed E-state index contributed by atoms with van der Waals surface area (Å²) in [5.74, 6) is -0.0826. The number of carbonyl (C=O) groups is 3. The zero-order valence-electron chi connectivity index (χ0n) is 34.0. The SMILES string of the molecule is CCCCCC/C=C\COC(=O)OCCCCCCCCC(CCCCCCCCOC(=O)OC/C=C\CCCCCC)OC(=O)CCCN(C)C. The molecule has 0 heterocycles. The van der Waals surface area contributed by atoms with Crippen LogP contribution >= 0.6 is 0 Å². The maximum Gasteiger partial charge on any atom is 0.508 e. The van der Waals surface area contributed by atoms with E-state index in [-0.39, 0.29) is 25.3 Å². The predicted molar refractivity (Wildman–Crippen MR) is 213 cm³/mol. The van der Waals surface area contributed by atoms with Crippen molar-refractivity contribution in [2.45, 2.75) is 187 Å². The van der Waals surface area contributed by atoms with Gasteiger partial charge in [-0.2, -0.15) is 0 Å². The molecule has 0 radical (unpaired) electrons. The van der Waals surface area contributed by atoms with E-state index in [2.05, 4.69) is 30.9 Å². The molecule has 304 valence electrons. The van der Waals surface area contributed by atoms with Crippen molar-refractivity contribution in [3.63, 3.8) is 0 Å². The van der Waals surface area contributed by atoms with Crippen LogP contribution in [0.5, 0.6) is 0 Å². The van der Waals surface area contributed by atoms with Gasteiger partial charge in [0.2, 0.25) is 0 Å². The van der Waals surface area contributed by atoms with Gasteiger partial charge >= 0.3 is 18.3 Å². The first-order chi connectivity index (χ1) is 25.4. The Morgan fingerprint density at radius 1 is 0.500 bits per heavy atom. The molecule has 0 fully saturated rings. The van der Waals surface area contributed by atoms with Gasteiger partial charge in [0.1, 0.15) is 19.3 Å². The number of allylic oxidation sites excluding steroid dienone is 2. The lowest BCUT2D eigenvalue weighted by molar-refractivity contribution is -0.150. The first-order valence-corrected chi connectivity index (χ1v) is 21.1. The largest absolute Gasteiger partial charge is 0.508 e. The highest BCUT2D eigenvalue weighted by atomic mass is 16.7. The van der Waals surface area contributed by atoms with Gasteiger partial charge in [-0.05, 0) is 91.3 Å². The van der Waals surface area contributed by atoms with Gasteiger partial charge in [-0.1, -0.05) is 128 Å². The molecule has 0 rings (SSSR count). The van der Waals surface area contributed by atoms with Crippen molar-refractivity contribution in [3.8, 4) is 0 Å². The van der Waals surface area contributed by atoms with E-state index in [4.69, 9.17) is 23.7 Å². The molecule has 0 saturated heterocycles. The lowest BCUT2D eigenvalue weighted by Gasteiger charge is -2.18. The number of hydrogen-bond donors (Lipinski definition) is 0. The number of nitrogens with zero attached hydrogens (tertiary/aromatic N) is 1. The standard InChI is InChI=1S/C43H79NO8/c1-5-7-9-11-15-21-27-36-48-42(46)50-38-29-23-17-13-19-25-32-40(52-41(45)34-31-35-44(3)4)33-26-20-14-18-24-30-39-51-43(47)49-37-28-22-16-12-10-8-6-2/h21-22,27-28,40H,5-20,23-26,29-39H2,1-4H3/b27-21-,28-22-. The molecule has 0 unspecified atom stereocenters. The Morgan fingerprint density at radius 3 is 1.37 bits per heavy atom. The molecule has 9 heteroatoms. The third-order valence-electron chi connectivity index (χ3n) is 8.94. The van der Waals surface area contributed by atoms with E-state index < -0.39 is 12.3 Å². The summed E-state index contributed by atoms with van der Waals surface area (Å²) >= 11 is 0. The molecule has 0 aliphatic rings. The van der Waals surface area contributed by atoms with Crippen molar-refractivity contribution in [2.75, 3.05) is 47.1 Å². The number of carbonyl (C=O) groups excluding carboxylic acids is 3. The van der Waals surface area contributed by atoms with E-state index >= 15 is 0 Å². The van der Waals surface area contributed by atoms with Crippen LogP contribution < -0.4 is 0 Å². The van der Waals surface area contributed by atoms with E-state index in [1.54, 1.807) is 0 Å². The molecule has 0 aromatic heterocycles. The van der Waals surface area contributed by atoms with Crippen LogP contribution in [0.1, 0.15) is 181 Å². The molecular formula is C43H79NO8. The summed E-state index contributed by atoms with van der Waals surface area (Å²) in [5.41, 5.74) is 0. The van der Waals surface area contributed by atoms with Gasteiger partial charge < -0.3 is 28.6 Å². The summed E-state index contributed by atoms with van der Waals surface area (Å²) < 4.78 is 26.5. The van der Waals surface area contributed by atoms with E-state index in [1.807, 2.05) is 26.2 Å². The number of esters is 1. The second-order valence-electron chi connectivity index (χ2n) is 14.3. The summed E-state index contributed by atoms with van der Waals surface area (Å²) in [6, 6.07) is 0. The molecule has 0 aromatic carbocycles. The highest BCUT2D eigenvalue weighted by molar-refractivity contribution is 5.69. The lowest BCUT2D eigenvalue weighted by atomic mass is 10.0. The highest BCUT2D eigenvalue weighted by Gasteiger charge is 2.14. The normalized spacial score (nSPS) is 11.6. The van der Waals surface area contributed by atoms with E-state index in [9.17, 15) is 14.4 Å². The quantitative estimate of drug-likeness (QED) is 0.0267. The second kappa shape index (κ2) is 39.7. The Hall–Kier alpha value is -2.55. The third-order valence-corrected chi connectivity index (χ3v) is 8.94. The Kier molecular flexibility index (Phi) is 37.7. The van der Waals surface area contributed by atoms with Crippen LogP contribution in [-0.2, 0) is 28.5 Å². The first kappa shape index (κ1) is 49.5. The van der Waals surface area contributed by atoms with Crippen molar-refractivity contribution in [1.29, 1.82) is 0 Å². The topological polar surface area (TPSA) is 101 Å². The van der Waals surface area contributed by atoms with Gasteiger partial charge in [0.15, 0.2) is 0 Å². The van der Waals surface area contributed by atoms with Crippen LogP contribution in [0.15, 0.2) is 24.3 Å². The molecule has 52 heavy (non-hydrogen) atoms. The molecule has 0 bridgehead atoms. The number of ether oxygens (including phenoxy) is 5. The molecule has 0 aliphatic heterocycles. The summed E-state index contributed by atoms with van der Waals surface area (Å²) in [6.45, 7) is 6.62. The Bertz CT molecular complexity index is 819. The van der Waals surface area contributed by atoms with Gasteiger partial charge in [0.25, 0.3) is 0 Å². The van der Waals surface area contributed by atoms with Crippen LogP contribution in [0.4, 0.5) is 9.59 Å². The molecule has 9 nitrogen and oxygen atoms in total. The molecule has 0 aromatic rings. The van der Waals surface area contributed by atoms with Crippen LogP contribution in [0.3, 0.4) is 0 Å². The van der Waals surface area contributed by atoms with Gasteiger partial charge in [-0.25, -0.2) is 9.59 Å². The maximum atomic E-state index is 12.5. The smallest absolute Gasteiger partial charge is 0.462 e. The molecule has 0 saturated carbocycles. The van der Waals surface area contributed by atoms with Gasteiger partial charge in [0.05, 0.1) is 13.2 Å². The Labute approximate surface area is 318 Å². The Morgan fingerprint density at radius 2 is 0.923 bits per heavy atom. The zero-order chi connectivity index (χ0) is 38.2. The monoisotopic (exact) mass is 738 g/mol. The molecule has 0 N–H and O–H groups in total. The first-order valence-electron chi connectivity index (χ1n) is 21.1. The van der Waals surface area contributed by atoms with E-state index in [0.29, 0.717) is 19.6 Å². The zero-order valence-corrected chi connectivity index (χ0v) is 34.0. The van der Waals surface area contributed by atoms with Gasteiger partial charge in [-0.3, -0.25) is 4.79 Å². The molecular weight excluding hydrogens is 658 g/mol. The van der Waals surface area contributed by atoms with Crippen LogP contribution in [-0.4, -0.2) is 76.4 Å². The molecule has 0 atom stereocenters. The average Bonchev–Trinajstić information content (AvgIpc) is 3.12. The third kappa shape index (κ3) is 38.7. The van der Waals surface area contributed by atoms with Crippen molar-refractivity contribution < 1.29 is 38.1 Å². The second-order valence-corrected chi connectivity index (χ2v) is 14.3. The maximum absolute atomic E-state index is 12.5.